The largest absolute Gasteiger partial charge is 0.275 e. The average molecular weight is 312 g/mol. The van der Waals surface area contributed by atoms with Gasteiger partial charge in [-0.15, -0.1) is 0 Å². The van der Waals surface area contributed by atoms with E-state index in [1.807, 2.05) is 11.6 Å². The average Bonchev–Trinajstić information content (AvgIpc) is 2.43. The highest BCUT2D eigenvalue weighted by Crippen LogP contribution is 2.19. The molecule has 0 aliphatic heterocycles. The van der Waals surface area contributed by atoms with Gasteiger partial charge in [-0.3, -0.25) is 4.72 Å². The second-order valence-electron chi connectivity index (χ2n) is 4.47. The quantitative estimate of drug-likeness (QED) is 0.863. The van der Waals surface area contributed by atoms with Crippen molar-refractivity contribution in [3.8, 4) is 0 Å². The molecule has 0 aliphatic rings. The van der Waals surface area contributed by atoms with Gasteiger partial charge in [0.05, 0.1) is 4.90 Å². The maximum atomic E-state index is 13.4. The van der Waals surface area contributed by atoms with E-state index in [9.17, 15) is 17.2 Å². The molecule has 0 unspecified atom stereocenters. The fourth-order valence-electron chi connectivity index (χ4n) is 1.82. The number of aryl methyl sites for hydroxylation is 1. The summed E-state index contributed by atoms with van der Waals surface area (Å²) < 4.78 is 52.3. The SMILES string of the molecule is CCCc1ccc(S(=O)(=O)Nc2ccc(F)nc2F)cc1. The second-order valence-corrected chi connectivity index (χ2v) is 6.15. The molecular weight excluding hydrogens is 298 g/mol. The first kappa shape index (κ1) is 15.4. The summed E-state index contributed by atoms with van der Waals surface area (Å²) in [6, 6.07) is 8.17. The smallest absolute Gasteiger partial charge is 0.262 e. The maximum Gasteiger partial charge on any atom is 0.262 e. The van der Waals surface area contributed by atoms with Crippen molar-refractivity contribution < 1.29 is 17.2 Å². The fourth-order valence-corrected chi connectivity index (χ4v) is 2.87. The normalized spacial score (nSPS) is 11.4. The molecule has 112 valence electrons. The Morgan fingerprint density at radius 1 is 1.10 bits per heavy atom. The van der Waals surface area contributed by atoms with Crippen LogP contribution in [0.5, 0.6) is 0 Å². The summed E-state index contributed by atoms with van der Waals surface area (Å²) in [6.07, 6.45) is 1.81. The van der Waals surface area contributed by atoms with Gasteiger partial charge in [-0.1, -0.05) is 25.5 Å². The summed E-state index contributed by atoms with van der Waals surface area (Å²) in [7, 11) is -3.93. The standard InChI is InChI=1S/C14H14F2N2O2S/c1-2-3-10-4-6-11(7-5-10)21(19,20)18-12-8-9-13(15)17-14(12)16/h4-9,18H,2-3H2,1H3. The van der Waals surface area contributed by atoms with E-state index in [2.05, 4.69) is 4.98 Å². The first-order chi connectivity index (χ1) is 9.92. The number of benzene rings is 1. The van der Waals surface area contributed by atoms with Crippen LogP contribution in [-0.4, -0.2) is 13.4 Å². The van der Waals surface area contributed by atoms with Crippen LogP contribution in [-0.2, 0) is 16.4 Å². The van der Waals surface area contributed by atoms with Gasteiger partial charge in [-0.25, -0.2) is 8.42 Å². The van der Waals surface area contributed by atoms with Crippen molar-refractivity contribution in [2.75, 3.05) is 4.72 Å². The van der Waals surface area contributed by atoms with E-state index >= 15 is 0 Å². The van der Waals surface area contributed by atoms with Crippen LogP contribution in [0.2, 0.25) is 0 Å². The summed E-state index contributed by atoms with van der Waals surface area (Å²) >= 11 is 0. The van der Waals surface area contributed by atoms with Crippen molar-refractivity contribution >= 4 is 15.7 Å². The molecule has 0 fully saturated rings. The number of nitrogens with one attached hydrogen (secondary N) is 1. The van der Waals surface area contributed by atoms with Gasteiger partial charge in [0.15, 0.2) is 0 Å². The van der Waals surface area contributed by atoms with E-state index < -0.39 is 27.6 Å². The van der Waals surface area contributed by atoms with Crippen molar-refractivity contribution in [2.24, 2.45) is 0 Å². The lowest BCUT2D eigenvalue weighted by Crippen LogP contribution is -2.14. The van der Waals surface area contributed by atoms with E-state index in [1.165, 1.54) is 12.1 Å². The molecule has 1 aromatic carbocycles. The molecule has 2 rings (SSSR count). The van der Waals surface area contributed by atoms with E-state index in [-0.39, 0.29) is 4.90 Å². The van der Waals surface area contributed by atoms with Crippen LogP contribution in [0, 0.1) is 11.9 Å². The van der Waals surface area contributed by atoms with Gasteiger partial charge in [-0.05, 0) is 36.2 Å². The molecule has 1 heterocycles. The highest BCUT2D eigenvalue weighted by molar-refractivity contribution is 7.92. The van der Waals surface area contributed by atoms with Crippen molar-refractivity contribution in [2.45, 2.75) is 24.7 Å². The van der Waals surface area contributed by atoms with Gasteiger partial charge in [-0.2, -0.15) is 13.8 Å². The van der Waals surface area contributed by atoms with Crippen LogP contribution in [0.4, 0.5) is 14.5 Å². The van der Waals surface area contributed by atoms with Crippen molar-refractivity contribution in [3.63, 3.8) is 0 Å². The zero-order valence-electron chi connectivity index (χ0n) is 11.3. The van der Waals surface area contributed by atoms with E-state index in [0.29, 0.717) is 0 Å². The highest BCUT2D eigenvalue weighted by Gasteiger charge is 2.17. The third-order valence-corrected chi connectivity index (χ3v) is 4.21. The topological polar surface area (TPSA) is 59.1 Å². The number of hydrogen-bond acceptors (Lipinski definition) is 3. The lowest BCUT2D eigenvalue weighted by molar-refractivity contribution is 0.515. The van der Waals surface area contributed by atoms with Crippen LogP contribution >= 0.6 is 0 Å². The molecule has 0 spiro atoms. The zero-order chi connectivity index (χ0) is 15.5. The van der Waals surface area contributed by atoms with E-state index in [4.69, 9.17) is 0 Å². The molecule has 0 aliphatic carbocycles. The van der Waals surface area contributed by atoms with E-state index in [1.54, 1.807) is 12.1 Å². The molecular formula is C14H14F2N2O2S. The predicted octanol–water partition coefficient (Wildman–Crippen LogP) is 3.11. The molecule has 4 nitrogen and oxygen atoms in total. The summed E-state index contributed by atoms with van der Waals surface area (Å²) in [5.41, 5.74) is 0.625. The third kappa shape index (κ3) is 3.75. The van der Waals surface area contributed by atoms with Gasteiger partial charge in [0.2, 0.25) is 11.9 Å². The fraction of sp³-hybridized carbons (Fsp3) is 0.214. The molecule has 0 atom stereocenters. The van der Waals surface area contributed by atoms with Crippen molar-refractivity contribution in [1.82, 2.24) is 4.98 Å². The van der Waals surface area contributed by atoms with Gasteiger partial charge >= 0.3 is 0 Å². The summed E-state index contributed by atoms with van der Waals surface area (Å²) in [5, 5.41) is 0. The number of aromatic nitrogens is 1. The Balaban J connectivity index is 2.25. The monoisotopic (exact) mass is 312 g/mol. The minimum Gasteiger partial charge on any atom is -0.275 e. The van der Waals surface area contributed by atoms with E-state index in [0.717, 1.165) is 30.5 Å². The Morgan fingerprint density at radius 3 is 2.33 bits per heavy atom. The molecule has 7 heteroatoms. The molecule has 0 saturated heterocycles. The number of anilines is 1. The zero-order valence-corrected chi connectivity index (χ0v) is 12.1. The summed E-state index contributed by atoms with van der Waals surface area (Å²) in [6.45, 7) is 2.02. The first-order valence-corrected chi connectivity index (χ1v) is 7.84. The summed E-state index contributed by atoms with van der Waals surface area (Å²) in [5.74, 6) is -2.22. The number of hydrogen-bond donors (Lipinski definition) is 1. The molecule has 2 aromatic rings. The predicted molar refractivity (Wildman–Crippen MR) is 75.4 cm³/mol. The van der Waals surface area contributed by atoms with Gasteiger partial charge < -0.3 is 0 Å². The molecule has 1 N–H and O–H groups in total. The van der Waals surface area contributed by atoms with Gasteiger partial charge in [0.25, 0.3) is 10.0 Å². The Morgan fingerprint density at radius 2 is 1.76 bits per heavy atom. The second kappa shape index (κ2) is 6.17. The molecule has 0 radical (unpaired) electrons. The number of pyridine rings is 1. The minimum atomic E-state index is -3.93. The Hall–Kier alpha value is -2.02. The third-order valence-electron chi connectivity index (χ3n) is 2.83. The van der Waals surface area contributed by atoms with Crippen molar-refractivity contribution in [3.05, 3.63) is 53.9 Å². The number of sulfonamides is 1. The molecule has 0 bridgehead atoms. The highest BCUT2D eigenvalue weighted by atomic mass is 32.2. The lowest BCUT2D eigenvalue weighted by Gasteiger charge is -2.09. The van der Waals surface area contributed by atoms with Crippen LogP contribution in [0.1, 0.15) is 18.9 Å². The lowest BCUT2D eigenvalue weighted by atomic mass is 10.1. The van der Waals surface area contributed by atoms with Gasteiger partial charge in [0.1, 0.15) is 5.69 Å². The van der Waals surface area contributed by atoms with Crippen LogP contribution in [0.3, 0.4) is 0 Å². The van der Waals surface area contributed by atoms with Crippen LogP contribution in [0.25, 0.3) is 0 Å². The van der Waals surface area contributed by atoms with Crippen LogP contribution < -0.4 is 4.72 Å². The molecule has 0 saturated carbocycles. The Labute approximate surface area is 121 Å². The molecule has 21 heavy (non-hydrogen) atoms. The summed E-state index contributed by atoms with van der Waals surface area (Å²) in [4.78, 5) is 2.94. The number of nitrogens with zero attached hydrogens (tertiary/aromatic N) is 1. The molecule has 1 aromatic heterocycles. The van der Waals surface area contributed by atoms with Gasteiger partial charge in [0, 0.05) is 0 Å². The Kier molecular flexibility index (Phi) is 4.52. The van der Waals surface area contributed by atoms with Crippen molar-refractivity contribution in [1.29, 1.82) is 0 Å². The van der Waals surface area contributed by atoms with Crippen LogP contribution in [0.15, 0.2) is 41.3 Å². The first-order valence-electron chi connectivity index (χ1n) is 6.36. The Bertz CT molecular complexity index is 731. The minimum absolute atomic E-state index is 0.00563. The number of rotatable bonds is 5. The maximum absolute atomic E-state index is 13.4. The molecule has 0 amide bonds. The number of halogens is 2.